The highest BCUT2D eigenvalue weighted by Gasteiger charge is 2.50. The van der Waals surface area contributed by atoms with Crippen molar-refractivity contribution in [3.63, 3.8) is 0 Å². The summed E-state index contributed by atoms with van der Waals surface area (Å²) in [5, 5.41) is 0. The zero-order valence-corrected chi connectivity index (χ0v) is 34.4. The second-order valence-electron chi connectivity index (χ2n) is 15.9. The van der Waals surface area contributed by atoms with Crippen LogP contribution in [0.3, 0.4) is 0 Å². The average Bonchev–Trinajstić information content (AvgIpc) is 3.65. The standard InChI is InChI=1S/C58H37N3S/c1-4-18-38(19-5-1)54-44(41-24-16-25-43(36-41)57-60-55(39-20-6-2-7-21-39)59-56(61-57)40-22-8-3-9-23-40)28-17-29-45(54)42-34-35-53-51(37-42)58(50-32-14-15-33-52(50)62-53)48-30-12-10-26-46(48)47-27-11-13-31-49(47)58/h1-37H. The normalized spacial score (nSPS) is 12.9. The molecule has 0 atom stereocenters. The topological polar surface area (TPSA) is 38.7 Å². The van der Waals surface area contributed by atoms with Gasteiger partial charge in [0.05, 0.1) is 5.41 Å². The molecule has 0 N–H and O–H groups in total. The third-order valence-corrected chi connectivity index (χ3v) is 13.6. The van der Waals surface area contributed by atoms with Gasteiger partial charge in [-0.2, -0.15) is 0 Å². The molecule has 1 aromatic heterocycles. The van der Waals surface area contributed by atoms with Crippen LogP contribution in [0.25, 0.3) is 78.7 Å². The fraction of sp³-hybridized carbons (Fsp3) is 0.0172. The van der Waals surface area contributed by atoms with E-state index in [2.05, 4.69) is 164 Å². The van der Waals surface area contributed by atoms with E-state index in [0.717, 1.165) is 33.4 Å². The van der Waals surface area contributed by atoms with Crippen molar-refractivity contribution in [2.45, 2.75) is 15.2 Å². The van der Waals surface area contributed by atoms with Crippen LogP contribution in [0.1, 0.15) is 22.3 Å². The average molecular weight is 808 g/mol. The molecule has 0 saturated carbocycles. The predicted molar refractivity (Wildman–Crippen MR) is 254 cm³/mol. The molecule has 1 spiro atoms. The Kier molecular flexibility index (Phi) is 8.65. The Bertz CT molecular complexity index is 3220. The summed E-state index contributed by atoms with van der Waals surface area (Å²) in [5.41, 5.74) is 17.2. The highest BCUT2D eigenvalue weighted by molar-refractivity contribution is 7.99. The number of nitrogens with zero attached hydrogens (tertiary/aromatic N) is 3. The number of hydrogen-bond acceptors (Lipinski definition) is 4. The van der Waals surface area contributed by atoms with Gasteiger partial charge in [0, 0.05) is 26.5 Å². The molecule has 0 unspecified atom stereocenters. The summed E-state index contributed by atoms with van der Waals surface area (Å²) in [7, 11) is 0. The Morgan fingerprint density at radius 3 is 1.31 bits per heavy atom. The summed E-state index contributed by atoms with van der Waals surface area (Å²) in [6, 6.07) is 80.7. The van der Waals surface area contributed by atoms with E-state index in [1.807, 2.05) is 72.4 Å². The third kappa shape index (κ3) is 5.79. The van der Waals surface area contributed by atoms with Crippen LogP contribution in [0.2, 0.25) is 0 Å². The quantitative estimate of drug-likeness (QED) is 0.168. The molecule has 0 bridgehead atoms. The van der Waals surface area contributed by atoms with Crippen LogP contribution in [-0.4, -0.2) is 15.0 Å². The number of benzene rings is 9. The fourth-order valence-corrected chi connectivity index (χ4v) is 10.9. The van der Waals surface area contributed by atoms with Crippen molar-refractivity contribution in [1.82, 2.24) is 15.0 Å². The van der Waals surface area contributed by atoms with Gasteiger partial charge in [-0.3, -0.25) is 0 Å². The van der Waals surface area contributed by atoms with Gasteiger partial charge < -0.3 is 0 Å². The fourth-order valence-electron chi connectivity index (χ4n) is 9.74. The molecule has 9 aromatic carbocycles. The van der Waals surface area contributed by atoms with Gasteiger partial charge in [-0.05, 0) is 91.0 Å². The van der Waals surface area contributed by atoms with Crippen molar-refractivity contribution < 1.29 is 0 Å². The van der Waals surface area contributed by atoms with Gasteiger partial charge in [0.2, 0.25) is 0 Å². The summed E-state index contributed by atoms with van der Waals surface area (Å²) in [6.07, 6.45) is 0. The van der Waals surface area contributed by atoms with E-state index in [1.165, 1.54) is 59.9 Å². The molecule has 4 heteroatoms. The highest BCUT2D eigenvalue weighted by atomic mass is 32.2. The van der Waals surface area contributed by atoms with E-state index in [-0.39, 0.29) is 0 Å². The Morgan fingerprint density at radius 2 is 0.694 bits per heavy atom. The minimum Gasteiger partial charge on any atom is -0.208 e. The van der Waals surface area contributed by atoms with Crippen LogP contribution in [0.5, 0.6) is 0 Å². The molecule has 0 fully saturated rings. The van der Waals surface area contributed by atoms with Crippen molar-refractivity contribution in [3.8, 4) is 78.7 Å². The number of aromatic nitrogens is 3. The molecule has 0 saturated heterocycles. The van der Waals surface area contributed by atoms with Gasteiger partial charge >= 0.3 is 0 Å². The molecule has 1 aliphatic heterocycles. The van der Waals surface area contributed by atoms with Gasteiger partial charge in [-0.1, -0.05) is 212 Å². The molecule has 10 aromatic rings. The van der Waals surface area contributed by atoms with Crippen molar-refractivity contribution >= 4 is 11.8 Å². The van der Waals surface area contributed by atoms with Gasteiger partial charge in [-0.15, -0.1) is 0 Å². The number of hydrogen-bond donors (Lipinski definition) is 0. The van der Waals surface area contributed by atoms with Crippen molar-refractivity contribution in [1.29, 1.82) is 0 Å². The lowest BCUT2D eigenvalue weighted by atomic mass is 9.67. The Morgan fingerprint density at radius 1 is 0.274 bits per heavy atom. The van der Waals surface area contributed by atoms with E-state index < -0.39 is 5.41 Å². The smallest absolute Gasteiger partial charge is 0.164 e. The summed E-state index contributed by atoms with van der Waals surface area (Å²) in [6.45, 7) is 0. The van der Waals surface area contributed by atoms with E-state index in [9.17, 15) is 0 Å². The zero-order chi connectivity index (χ0) is 41.0. The SMILES string of the molecule is c1ccc(-c2nc(-c3ccccc3)nc(-c3cccc(-c4cccc(-c5ccc6c(c5)C5(c7ccccc7S6)c6ccccc6-c6ccccc65)c4-c4ccccc4)c3)n2)cc1. The van der Waals surface area contributed by atoms with Crippen molar-refractivity contribution in [2.24, 2.45) is 0 Å². The minimum atomic E-state index is -0.457. The molecule has 3 nitrogen and oxygen atoms in total. The maximum absolute atomic E-state index is 5.08. The van der Waals surface area contributed by atoms with Crippen LogP contribution < -0.4 is 0 Å². The highest BCUT2D eigenvalue weighted by Crippen LogP contribution is 2.62. The largest absolute Gasteiger partial charge is 0.208 e. The first-order valence-electron chi connectivity index (χ1n) is 21.0. The second kappa shape index (κ2) is 14.8. The van der Waals surface area contributed by atoms with E-state index in [0.29, 0.717) is 17.5 Å². The Hall–Kier alpha value is -7.66. The van der Waals surface area contributed by atoms with Crippen LogP contribution in [-0.2, 0) is 5.41 Å². The first-order chi connectivity index (χ1) is 30.7. The number of fused-ring (bicyclic) bond motifs is 9. The number of rotatable bonds is 6. The van der Waals surface area contributed by atoms with Crippen LogP contribution in [0.15, 0.2) is 234 Å². The van der Waals surface area contributed by atoms with Crippen LogP contribution in [0, 0.1) is 0 Å². The molecular formula is C58H37N3S. The maximum atomic E-state index is 5.08. The maximum Gasteiger partial charge on any atom is 0.164 e. The first kappa shape index (κ1) is 36.2. The summed E-state index contributed by atoms with van der Waals surface area (Å²) in [4.78, 5) is 17.7. The molecule has 62 heavy (non-hydrogen) atoms. The van der Waals surface area contributed by atoms with E-state index >= 15 is 0 Å². The lowest BCUT2D eigenvalue weighted by Gasteiger charge is -2.40. The molecule has 2 heterocycles. The lowest BCUT2D eigenvalue weighted by Crippen LogP contribution is -2.32. The molecule has 1 aliphatic carbocycles. The zero-order valence-electron chi connectivity index (χ0n) is 33.6. The molecule has 2 aliphatic rings. The summed E-state index contributed by atoms with van der Waals surface area (Å²) >= 11 is 1.88. The third-order valence-electron chi connectivity index (χ3n) is 12.4. The monoisotopic (exact) mass is 807 g/mol. The summed E-state index contributed by atoms with van der Waals surface area (Å²) < 4.78 is 0. The molecule has 0 radical (unpaired) electrons. The van der Waals surface area contributed by atoms with E-state index in [1.54, 1.807) is 0 Å². The van der Waals surface area contributed by atoms with Gasteiger partial charge in [0.1, 0.15) is 0 Å². The molecular weight excluding hydrogens is 771 g/mol. The lowest BCUT2D eigenvalue weighted by molar-refractivity contribution is 0.723. The first-order valence-corrected chi connectivity index (χ1v) is 21.8. The van der Waals surface area contributed by atoms with Gasteiger partial charge in [-0.25, -0.2) is 15.0 Å². The Balaban J connectivity index is 1.05. The molecule has 290 valence electrons. The molecule has 0 amide bonds. The van der Waals surface area contributed by atoms with Crippen LogP contribution >= 0.6 is 11.8 Å². The van der Waals surface area contributed by atoms with Gasteiger partial charge in [0.25, 0.3) is 0 Å². The predicted octanol–water partition coefficient (Wildman–Crippen LogP) is 14.7. The molecule has 12 rings (SSSR count). The Labute approximate surface area is 365 Å². The van der Waals surface area contributed by atoms with Crippen LogP contribution in [0.4, 0.5) is 0 Å². The second-order valence-corrected chi connectivity index (χ2v) is 16.9. The van der Waals surface area contributed by atoms with E-state index in [4.69, 9.17) is 15.0 Å². The van der Waals surface area contributed by atoms with Crippen molar-refractivity contribution in [2.75, 3.05) is 0 Å². The van der Waals surface area contributed by atoms with Gasteiger partial charge in [0.15, 0.2) is 17.5 Å². The summed E-state index contributed by atoms with van der Waals surface area (Å²) in [5.74, 6) is 1.92. The minimum absolute atomic E-state index is 0.457. The van der Waals surface area contributed by atoms with Crippen molar-refractivity contribution in [3.05, 3.63) is 247 Å².